The van der Waals surface area contributed by atoms with E-state index in [2.05, 4.69) is 0 Å². The van der Waals surface area contributed by atoms with Crippen molar-refractivity contribution in [2.75, 3.05) is 0 Å². The molecular formula is C13H9O5S. The minimum absolute atomic E-state index is 0.264. The molecule has 0 spiro atoms. The van der Waals surface area contributed by atoms with Gasteiger partial charge in [0.25, 0.3) is 0 Å². The number of esters is 1. The molecule has 0 bridgehead atoms. The highest BCUT2D eigenvalue weighted by molar-refractivity contribution is 7.85. The van der Waals surface area contributed by atoms with Gasteiger partial charge in [-0.25, -0.2) is 4.79 Å². The van der Waals surface area contributed by atoms with Crippen molar-refractivity contribution in [1.29, 1.82) is 0 Å². The van der Waals surface area contributed by atoms with E-state index in [9.17, 15) is 17.8 Å². The van der Waals surface area contributed by atoms with E-state index in [1.54, 1.807) is 18.2 Å². The SMILES string of the molecule is [O]S(=O)(=O)c1ccccc1OC(=O)c1ccccc1. The zero-order chi connectivity index (χ0) is 13.9. The Hall–Kier alpha value is -2.18. The predicted octanol–water partition coefficient (Wildman–Crippen LogP) is 2.03. The zero-order valence-corrected chi connectivity index (χ0v) is 10.5. The summed E-state index contributed by atoms with van der Waals surface area (Å²) in [5.74, 6) is -0.997. The van der Waals surface area contributed by atoms with Crippen molar-refractivity contribution in [2.45, 2.75) is 4.90 Å². The van der Waals surface area contributed by atoms with Crippen LogP contribution >= 0.6 is 0 Å². The van der Waals surface area contributed by atoms with E-state index < -0.39 is 21.0 Å². The molecule has 97 valence electrons. The fraction of sp³-hybridized carbons (Fsp3) is 0. The lowest BCUT2D eigenvalue weighted by Gasteiger charge is -2.07. The van der Waals surface area contributed by atoms with Crippen LogP contribution in [0.15, 0.2) is 59.5 Å². The van der Waals surface area contributed by atoms with Crippen LogP contribution in [0.3, 0.4) is 0 Å². The third kappa shape index (κ3) is 3.18. The minimum atomic E-state index is -4.69. The van der Waals surface area contributed by atoms with Crippen molar-refractivity contribution in [1.82, 2.24) is 0 Å². The Morgan fingerprint density at radius 2 is 1.47 bits per heavy atom. The molecule has 0 aliphatic rings. The standard InChI is InChI=1S/C13H9O5S/c14-13(10-6-2-1-3-7-10)18-11-8-4-5-9-12(11)19(15,16)17/h1-9H. The van der Waals surface area contributed by atoms with Crippen LogP contribution in [-0.2, 0) is 14.7 Å². The Bertz CT molecular complexity index is 692. The molecule has 2 rings (SSSR count). The molecule has 0 saturated heterocycles. The van der Waals surface area contributed by atoms with Gasteiger partial charge in [0, 0.05) is 0 Å². The predicted molar refractivity (Wildman–Crippen MR) is 65.7 cm³/mol. The van der Waals surface area contributed by atoms with Gasteiger partial charge in [-0.05, 0) is 24.3 Å². The maximum atomic E-state index is 11.8. The van der Waals surface area contributed by atoms with Crippen LogP contribution in [0.5, 0.6) is 5.75 Å². The van der Waals surface area contributed by atoms with Gasteiger partial charge >= 0.3 is 16.1 Å². The summed E-state index contributed by atoms with van der Waals surface area (Å²) in [7, 11) is -4.69. The van der Waals surface area contributed by atoms with Gasteiger partial charge in [0.05, 0.1) is 5.56 Å². The van der Waals surface area contributed by atoms with Crippen LogP contribution in [-0.4, -0.2) is 14.4 Å². The summed E-state index contributed by atoms with van der Waals surface area (Å²) in [6.45, 7) is 0. The lowest BCUT2D eigenvalue weighted by Crippen LogP contribution is -2.10. The summed E-state index contributed by atoms with van der Waals surface area (Å²) in [6, 6.07) is 13.3. The van der Waals surface area contributed by atoms with Crippen LogP contribution in [0.25, 0.3) is 0 Å². The number of ether oxygens (including phenoxy) is 1. The minimum Gasteiger partial charge on any atom is -0.421 e. The highest BCUT2D eigenvalue weighted by atomic mass is 32.2. The van der Waals surface area contributed by atoms with Crippen molar-refractivity contribution in [3.63, 3.8) is 0 Å². The summed E-state index contributed by atoms with van der Waals surface area (Å²) in [5.41, 5.74) is 0.264. The lowest BCUT2D eigenvalue weighted by molar-refractivity contribution is 0.0730. The van der Waals surface area contributed by atoms with Gasteiger partial charge in [-0.2, -0.15) is 8.42 Å². The summed E-state index contributed by atoms with van der Waals surface area (Å²) >= 11 is 0. The molecule has 0 aromatic heterocycles. The molecule has 2 aromatic rings. The summed E-state index contributed by atoms with van der Waals surface area (Å²) in [6.07, 6.45) is 0. The third-order valence-corrected chi connectivity index (χ3v) is 3.21. The van der Waals surface area contributed by atoms with Crippen LogP contribution in [0.4, 0.5) is 0 Å². The van der Waals surface area contributed by atoms with Crippen LogP contribution in [0, 0.1) is 0 Å². The molecule has 0 atom stereocenters. The first-order valence-corrected chi connectivity index (χ1v) is 6.71. The van der Waals surface area contributed by atoms with Gasteiger partial charge in [0.2, 0.25) is 0 Å². The Kier molecular flexibility index (Phi) is 3.64. The van der Waals surface area contributed by atoms with Crippen molar-refractivity contribution >= 4 is 16.1 Å². The fourth-order valence-corrected chi connectivity index (χ4v) is 2.08. The number of para-hydroxylation sites is 1. The molecule has 6 heteroatoms. The van der Waals surface area contributed by atoms with Crippen molar-refractivity contribution in [2.24, 2.45) is 0 Å². The van der Waals surface area contributed by atoms with Crippen molar-refractivity contribution < 1.29 is 22.5 Å². The van der Waals surface area contributed by atoms with Gasteiger partial charge in [-0.1, -0.05) is 34.9 Å². The van der Waals surface area contributed by atoms with Gasteiger partial charge < -0.3 is 4.74 Å². The average Bonchev–Trinajstić information content (AvgIpc) is 2.39. The zero-order valence-electron chi connectivity index (χ0n) is 9.65. The number of carbonyl (C=O) groups excluding carboxylic acids is 1. The highest BCUT2D eigenvalue weighted by Gasteiger charge is 2.20. The molecule has 0 N–H and O–H groups in total. The Morgan fingerprint density at radius 3 is 2.11 bits per heavy atom. The maximum Gasteiger partial charge on any atom is 0.343 e. The van der Waals surface area contributed by atoms with Gasteiger partial charge in [0.15, 0.2) is 5.75 Å². The molecule has 0 aliphatic carbocycles. The molecule has 0 amide bonds. The first-order chi connectivity index (χ1) is 8.98. The van der Waals surface area contributed by atoms with Crippen molar-refractivity contribution in [3.8, 4) is 5.75 Å². The molecule has 0 unspecified atom stereocenters. The third-order valence-electron chi connectivity index (χ3n) is 2.33. The number of hydrogen-bond acceptors (Lipinski definition) is 4. The number of rotatable bonds is 3. The monoisotopic (exact) mass is 277 g/mol. The van der Waals surface area contributed by atoms with Gasteiger partial charge in [0.1, 0.15) is 4.90 Å². The van der Waals surface area contributed by atoms with E-state index in [4.69, 9.17) is 4.74 Å². The van der Waals surface area contributed by atoms with E-state index in [0.29, 0.717) is 0 Å². The largest absolute Gasteiger partial charge is 0.421 e. The number of benzene rings is 2. The molecular weight excluding hydrogens is 268 g/mol. The second-order valence-corrected chi connectivity index (χ2v) is 5.00. The maximum absolute atomic E-state index is 11.8. The van der Waals surface area contributed by atoms with Crippen molar-refractivity contribution in [3.05, 3.63) is 60.2 Å². The van der Waals surface area contributed by atoms with E-state index >= 15 is 0 Å². The van der Waals surface area contributed by atoms with Gasteiger partial charge in [-0.3, -0.25) is 0 Å². The molecule has 0 aliphatic heterocycles. The quantitative estimate of drug-likeness (QED) is 0.635. The molecule has 5 nitrogen and oxygen atoms in total. The average molecular weight is 277 g/mol. The molecule has 0 heterocycles. The Balaban J connectivity index is 2.33. The normalized spacial score (nSPS) is 11.0. The number of carbonyl (C=O) groups is 1. The fourth-order valence-electron chi connectivity index (χ4n) is 1.47. The molecule has 19 heavy (non-hydrogen) atoms. The molecule has 0 saturated carbocycles. The van der Waals surface area contributed by atoms with Crippen LogP contribution < -0.4 is 4.74 Å². The summed E-state index contributed by atoms with van der Waals surface area (Å²) < 4.78 is 38.0. The molecule has 2 aromatic carbocycles. The second kappa shape index (κ2) is 5.21. The molecule has 0 fully saturated rings. The first kappa shape index (κ1) is 13.3. The van der Waals surface area contributed by atoms with E-state index in [0.717, 1.165) is 6.07 Å². The summed E-state index contributed by atoms with van der Waals surface area (Å²) in [4.78, 5) is 11.2. The Morgan fingerprint density at radius 1 is 0.895 bits per heavy atom. The highest BCUT2D eigenvalue weighted by Crippen LogP contribution is 2.24. The molecule has 1 radical (unpaired) electrons. The van der Waals surface area contributed by atoms with Crippen LogP contribution in [0.2, 0.25) is 0 Å². The Labute approximate surface area is 110 Å². The van der Waals surface area contributed by atoms with E-state index in [1.807, 2.05) is 0 Å². The lowest BCUT2D eigenvalue weighted by atomic mass is 10.2. The topological polar surface area (TPSA) is 80.3 Å². The van der Waals surface area contributed by atoms with E-state index in [-0.39, 0.29) is 11.3 Å². The summed E-state index contributed by atoms with van der Waals surface area (Å²) in [5, 5.41) is 0. The van der Waals surface area contributed by atoms with Gasteiger partial charge in [-0.15, -0.1) is 0 Å². The first-order valence-electron chi connectivity index (χ1n) is 5.30. The van der Waals surface area contributed by atoms with E-state index in [1.165, 1.54) is 30.3 Å². The van der Waals surface area contributed by atoms with Crippen LogP contribution in [0.1, 0.15) is 10.4 Å². The second-order valence-electron chi connectivity index (χ2n) is 3.66. The smallest absolute Gasteiger partial charge is 0.343 e. The number of hydrogen-bond donors (Lipinski definition) is 0.